The lowest BCUT2D eigenvalue weighted by Gasteiger charge is -2.13. The van der Waals surface area contributed by atoms with E-state index in [4.69, 9.17) is 14.2 Å². The molecule has 12 nitrogen and oxygen atoms in total. The Morgan fingerprint density at radius 1 is 1.31 bits per heavy atom. The number of amides is 1. The number of carbonyl (C=O) groups is 1. The van der Waals surface area contributed by atoms with Crippen molar-refractivity contribution < 1.29 is 23.9 Å². The molecule has 1 N–H and O–H groups in total. The Kier molecular flexibility index (Phi) is 8.98. The number of nitro groups is 1. The van der Waals surface area contributed by atoms with Crippen LogP contribution in [0.1, 0.15) is 22.4 Å². The van der Waals surface area contributed by atoms with Gasteiger partial charge in [0.05, 0.1) is 23.4 Å². The Labute approximate surface area is 213 Å². The average Bonchev–Trinajstić information content (AvgIpc) is 2.87. The number of methoxy groups -OCH3 is 1. The number of nitriles is 1. The molecule has 1 amide bonds. The molecule has 0 aliphatic heterocycles. The summed E-state index contributed by atoms with van der Waals surface area (Å²) in [5, 5.41) is 24.1. The number of hydrogen-bond acceptors (Lipinski definition) is 10. The first-order valence-corrected chi connectivity index (χ1v) is 11.0. The van der Waals surface area contributed by atoms with Crippen molar-refractivity contribution in [3.8, 4) is 23.6 Å². The highest BCUT2D eigenvalue weighted by Crippen LogP contribution is 2.30. The molecule has 0 bridgehead atoms. The van der Waals surface area contributed by atoms with Gasteiger partial charge in [0.15, 0.2) is 6.61 Å². The van der Waals surface area contributed by atoms with Gasteiger partial charge in [-0.1, -0.05) is 0 Å². The number of aryl methyl sites for hydroxylation is 1. The molecule has 0 fully saturated rings. The predicted octanol–water partition coefficient (Wildman–Crippen LogP) is 3.80. The summed E-state index contributed by atoms with van der Waals surface area (Å²) in [6, 6.07) is 11.4. The molecule has 0 aliphatic carbocycles. The SMILES string of the molecule is COCc1c(Br)c(C)nc(OCC(=O)N/N=C/c2ccc(Oc3ccc([N+](=O)[O-])cn3)cc2)c1C#N. The number of nitrogens with zero attached hydrogens (tertiary/aromatic N) is 5. The van der Waals surface area contributed by atoms with Crippen molar-refractivity contribution in [3.63, 3.8) is 0 Å². The Hall–Kier alpha value is -4.41. The van der Waals surface area contributed by atoms with Crippen LogP contribution in [-0.2, 0) is 16.1 Å². The minimum absolute atomic E-state index is 0.0301. The van der Waals surface area contributed by atoms with Crippen LogP contribution in [-0.4, -0.2) is 40.7 Å². The van der Waals surface area contributed by atoms with Crippen molar-refractivity contribution in [3.05, 3.63) is 79.6 Å². The third-order valence-corrected chi connectivity index (χ3v) is 5.60. The summed E-state index contributed by atoms with van der Waals surface area (Å²) in [4.78, 5) is 30.4. The Morgan fingerprint density at radius 2 is 2.06 bits per heavy atom. The Morgan fingerprint density at radius 3 is 2.67 bits per heavy atom. The molecule has 2 aromatic heterocycles. The number of ether oxygens (including phenoxy) is 3. The van der Waals surface area contributed by atoms with Crippen LogP contribution in [0.5, 0.6) is 17.5 Å². The number of carbonyl (C=O) groups excluding carboxylic acids is 1. The zero-order valence-corrected chi connectivity index (χ0v) is 20.7. The van der Waals surface area contributed by atoms with Crippen molar-refractivity contribution in [2.24, 2.45) is 5.10 Å². The molecule has 0 aliphatic rings. The molecule has 0 spiro atoms. The quantitative estimate of drug-likeness (QED) is 0.223. The number of rotatable bonds is 10. The van der Waals surface area contributed by atoms with E-state index in [0.29, 0.717) is 27.0 Å². The standard InChI is InChI=1S/C23H19BrN6O6/c1-14-22(24)19(12-34-2)18(9-25)23(28-14)35-13-20(31)29-27-10-15-3-6-17(7-4-15)36-21-8-5-16(11-26-21)30(32)33/h3-8,10-11H,12-13H2,1-2H3,(H,29,31)/b27-10+. The summed E-state index contributed by atoms with van der Waals surface area (Å²) < 4.78 is 16.8. The van der Waals surface area contributed by atoms with Crippen LogP contribution in [0.2, 0.25) is 0 Å². The van der Waals surface area contributed by atoms with Crippen molar-refractivity contribution in [2.45, 2.75) is 13.5 Å². The van der Waals surface area contributed by atoms with Gasteiger partial charge < -0.3 is 14.2 Å². The fourth-order valence-electron chi connectivity index (χ4n) is 2.84. The first-order chi connectivity index (χ1) is 17.3. The molecule has 0 saturated heterocycles. The minimum Gasteiger partial charge on any atom is -0.467 e. The molecule has 0 radical (unpaired) electrons. The molecule has 36 heavy (non-hydrogen) atoms. The lowest BCUT2D eigenvalue weighted by molar-refractivity contribution is -0.385. The number of benzene rings is 1. The molecule has 3 rings (SSSR count). The highest BCUT2D eigenvalue weighted by molar-refractivity contribution is 9.10. The molecule has 2 heterocycles. The normalized spacial score (nSPS) is 10.6. The van der Waals surface area contributed by atoms with Gasteiger partial charge >= 0.3 is 0 Å². The average molecular weight is 555 g/mol. The fourth-order valence-corrected chi connectivity index (χ4v) is 3.24. The third-order valence-electron chi connectivity index (χ3n) is 4.54. The van der Waals surface area contributed by atoms with E-state index in [1.807, 2.05) is 6.07 Å². The fraction of sp³-hybridized carbons (Fsp3) is 0.174. The lowest BCUT2D eigenvalue weighted by atomic mass is 10.1. The van der Waals surface area contributed by atoms with E-state index < -0.39 is 17.4 Å². The molecule has 1 aromatic carbocycles. The van der Waals surface area contributed by atoms with Crippen molar-refractivity contribution in [1.29, 1.82) is 5.26 Å². The topological polar surface area (TPSA) is 162 Å². The highest BCUT2D eigenvalue weighted by atomic mass is 79.9. The Balaban J connectivity index is 1.54. The maximum atomic E-state index is 12.1. The van der Waals surface area contributed by atoms with Crippen LogP contribution in [0.15, 0.2) is 52.2 Å². The van der Waals surface area contributed by atoms with Gasteiger partial charge in [0, 0.05) is 29.3 Å². The van der Waals surface area contributed by atoms with Gasteiger partial charge in [-0.3, -0.25) is 14.9 Å². The molecule has 13 heteroatoms. The molecule has 184 valence electrons. The number of halogens is 1. The summed E-state index contributed by atoms with van der Waals surface area (Å²) in [5.41, 5.74) is 4.22. The summed E-state index contributed by atoms with van der Waals surface area (Å²) >= 11 is 3.39. The van der Waals surface area contributed by atoms with Crippen LogP contribution < -0.4 is 14.9 Å². The van der Waals surface area contributed by atoms with E-state index in [0.717, 1.165) is 6.20 Å². The minimum atomic E-state index is -0.546. The van der Waals surface area contributed by atoms with Gasteiger partial charge in [-0.05, 0) is 52.7 Å². The maximum absolute atomic E-state index is 12.1. The molecule has 0 atom stereocenters. The van der Waals surface area contributed by atoms with Crippen molar-refractivity contribution in [1.82, 2.24) is 15.4 Å². The predicted molar refractivity (Wildman–Crippen MR) is 131 cm³/mol. The van der Waals surface area contributed by atoms with Crippen LogP contribution in [0.3, 0.4) is 0 Å². The number of hydrazone groups is 1. The van der Waals surface area contributed by atoms with Crippen LogP contribution in [0.4, 0.5) is 5.69 Å². The largest absolute Gasteiger partial charge is 0.467 e. The highest BCUT2D eigenvalue weighted by Gasteiger charge is 2.18. The summed E-state index contributed by atoms with van der Waals surface area (Å²) in [6.07, 6.45) is 2.53. The monoisotopic (exact) mass is 554 g/mol. The second kappa shape index (κ2) is 12.3. The van der Waals surface area contributed by atoms with Gasteiger partial charge in [0.25, 0.3) is 11.6 Å². The van der Waals surface area contributed by atoms with E-state index in [-0.39, 0.29) is 29.6 Å². The number of pyridine rings is 2. The van der Waals surface area contributed by atoms with E-state index >= 15 is 0 Å². The van der Waals surface area contributed by atoms with E-state index in [2.05, 4.69) is 36.4 Å². The van der Waals surface area contributed by atoms with Gasteiger partial charge in [-0.25, -0.2) is 15.4 Å². The molecule has 0 unspecified atom stereocenters. The van der Waals surface area contributed by atoms with Crippen LogP contribution in [0, 0.1) is 28.4 Å². The Bertz CT molecular complexity index is 1320. The van der Waals surface area contributed by atoms with Gasteiger partial charge in [-0.15, -0.1) is 0 Å². The second-order valence-corrected chi connectivity index (χ2v) is 7.87. The van der Waals surface area contributed by atoms with Crippen molar-refractivity contribution >= 4 is 33.7 Å². The van der Waals surface area contributed by atoms with Gasteiger partial charge in [0.2, 0.25) is 11.8 Å². The number of aromatic nitrogens is 2. The lowest BCUT2D eigenvalue weighted by Crippen LogP contribution is -2.25. The first kappa shape index (κ1) is 26.2. The zero-order chi connectivity index (χ0) is 26.1. The second-order valence-electron chi connectivity index (χ2n) is 7.08. The van der Waals surface area contributed by atoms with Gasteiger partial charge in [-0.2, -0.15) is 10.4 Å². The van der Waals surface area contributed by atoms with E-state index in [9.17, 15) is 20.2 Å². The number of hydrogen-bond donors (Lipinski definition) is 1. The summed E-state index contributed by atoms with van der Waals surface area (Å²) in [7, 11) is 1.51. The third kappa shape index (κ3) is 6.81. The number of nitrogens with one attached hydrogen (secondary N) is 1. The van der Waals surface area contributed by atoms with E-state index in [1.165, 1.54) is 25.5 Å². The van der Waals surface area contributed by atoms with E-state index in [1.54, 1.807) is 31.2 Å². The van der Waals surface area contributed by atoms with Crippen LogP contribution in [0.25, 0.3) is 0 Å². The first-order valence-electron chi connectivity index (χ1n) is 10.2. The molecular formula is C23H19BrN6O6. The molecular weight excluding hydrogens is 536 g/mol. The molecule has 3 aromatic rings. The zero-order valence-electron chi connectivity index (χ0n) is 19.1. The maximum Gasteiger partial charge on any atom is 0.287 e. The molecule has 0 saturated carbocycles. The summed E-state index contributed by atoms with van der Waals surface area (Å²) in [6.45, 7) is 1.51. The van der Waals surface area contributed by atoms with Gasteiger partial charge in [0.1, 0.15) is 23.6 Å². The summed E-state index contributed by atoms with van der Waals surface area (Å²) in [5.74, 6) is 0.153. The smallest absolute Gasteiger partial charge is 0.287 e. The van der Waals surface area contributed by atoms with Crippen LogP contribution >= 0.6 is 15.9 Å². The van der Waals surface area contributed by atoms with Crippen molar-refractivity contribution in [2.75, 3.05) is 13.7 Å².